The van der Waals surface area contributed by atoms with Crippen LogP contribution in [0.3, 0.4) is 0 Å². The van der Waals surface area contributed by atoms with Crippen molar-refractivity contribution in [3.63, 3.8) is 0 Å². The number of carbonyl (C=O) groups excluding carboxylic acids is 2. The van der Waals surface area contributed by atoms with E-state index in [0.29, 0.717) is 11.7 Å². The third kappa shape index (κ3) is 2.44. The van der Waals surface area contributed by atoms with E-state index in [1.807, 2.05) is 16.8 Å². The van der Waals surface area contributed by atoms with Crippen molar-refractivity contribution in [2.24, 2.45) is 0 Å². The minimum absolute atomic E-state index is 0.175. The zero-order chi connectivity index (χ0) is 15.0. The molecule has 0 bridgehead atoms. The summed E-state index contributed by atoms with van der Waals surface area (Å²) < 4.78 is 6.73. The van der Waals surface area contributed by atoms with Crippen LogP contribution in [0.25, 0.3) is 0 Å². The van der Waals surface area contributed by atoms with Gasteiger partial charge in [0.05, 0.1) is 13.2 Å². The van der Waals surface area contributed by atoms with Gasteiger partial charge in [-0.25, -0.2) is 4.79 Å². The molecule has 1 amide bonds. The molecule has 2 unspecified atom stereocenters. The lowest BCUT2D eigenvalue weighted by molar-refractivity contribution is -0.145. The van der Waals surface area contributed by atoms with Gasteiger partial charge in [-0.3, -0.25) is 4.79 Å². The Balaban J connectivity index is 1.83. The molecular formula is C15H20N2O4. The Hall–Kier alpha value is -1.82. The molecule has 1 aliphatic heterocycles. The molecule has 2 aliphatic rings. The largest absolute Gasteiger partial charge is 0.467 e. The third-order valence-electron chi connectivity index (χ3n) is 4.48. The second kappa shape index (κ2) is 5.52. The molecule has 1 saturated carbocycles. The average molecular weight is 292 g/mol. The van der Waals surface area contributed by atoms with E-state index in [1.165, 1.54) is 18.4 Å². The number of aromatic nitrogens is 1. The summed E-state index contributed by atoms with van der Waals surface area (Å²) in [6.07, 6.45) is 4.82. The number of ether oxygens (including phenoxy) is 1. The fourth-order valence-electron chi connectivity index (χ4n) is 3.10. The maximum Gasteiger partial charge on any atom is 0.328 e. The Kier molecular flexibility index (Phi) is 3.71. The second-order valence-electron chi connectivity index (χ2n) is 5.77. The number of carbonyl (C=O) groups is 2. The van der Waals surface area contributed by atoms with E-state index in [9.17, 15) is 14.7 Å². The lowest BCUT2D eigenvalue weighted by atomic mass is 9.93. The molecule has 0 spiro atoms. The number of hydrogen-bond acceptors (Lipinski definition) is 4. The molecule has 1 N–H and O–H groups in total. The SMILES string of the molecule is COC(=O)C1CC(O)CN1C(=O)c1cccn1C1CCC1. The molecule has 6 nitrogen and oxygen atoms in total. The summed E-state index contributed by atoms with van der Waals surface area (Å²) in [6, 6.07) is 3.32. The number of hydrogen-bond donors (Lipinski definition) is 1. The van der Waals surface area contributed by atoms with Gasteiger partial charge in [0, 0.05) is 25.2 Å². The minimum Gasteiger partial charge on any atom is -0.467 e. The van der Waals surface area contributed by atoms with Crippen molar-refractivity contribution in [3.8, 4) is 0 Å². The van der Waals surface area contributed by atoms with Crippen LogP contribution in [0, 0.1) is 0 Å². The van der Waals surface area contributed by atoms with Crippen LogP contribution in [0.5, 0.6) is 0 Å². The molecule has 1 aromatic heterocycles. The van der Waals surface area contributed by atoms with Gasteiger partial charge >= 0.3 is 5.97 Å². The van der Waals surface area contributed by atoms with Crippen LogP contribution in [-0.2, 0) is 9.53 Å². The first-order valence-electron chi connectivity index (χ1n) is 7.35. The highest BCUT2D eigenvalue weighted by Crippen LogP contribution is 2.33. The van der Waals surface area contributed by atoms with Crippen LogP contribution in [0.4, 0.5) is 0 Å². The first-order valence-corrected chi connectivity index (χ1v) is 7.35. The summed E-state index contributed by atoms with van der Waals surface area (Å²) in [6.45, 7) is 0.175. The van der Waals surface area contributed by atoms with Crippen LogP contribution in [-0.4, -0.2) is 52.3 Å². The summed E-state index contributed by atoms with van der Waals surface area (Å²) in [5, 5.41) is 9.79. The van der Waals surface area contributed by atoms with Gasteiger partial charge in [0.25, 0.3) is 5.91 Å². The smallest absolute Gasteiger partial charge is 0.328 e. The standard InChI is InChI=1S/C15H20N2O4/c1-21-15(20)13-8-11(18)9-17(13)14(19)12-6-3-7-16(12)10-4-2-5-10/h3,6-7,10-11,13,18H,2,4-5,8-9H2,1H3. The Bertz CT molecular complexity index is 550. The second-order valence-corrected chi connectivity index (χ2v) is 5.77. The number of likely N-dealkylation sites (tertiary alicyclic amines) is 1. The molecule has 114 valence electrons. The van der Waals surface area contributed by atoms with Crippen molar-refractivity contribution >= 4 is 11.9 Å². The molecule has 2 fully saturated rings. The zero-order valence-electron chi connectivity index (χ0n) is 12.1. The molecule has 1 saturated heterocycles. The molecule has 0 aromatic carbocycles. The molecular weight excluding hydrogens is 272 g/mol. The van der Waals surface area contributed by atoms with Gasteiger partial charge in [0.15, 0.2) is 0 Å². The molecule has 6 heteroatoms. The topological polar surface area (TPSA) is 71.8 Å². The fraction of sp³-hybridized carbons (Fsp3) is 0.600. The van der Waals surface area contributed by atoms with Gasteiger partial charge in [-0.1, -0.05) is 0 Å². The van der Waals surface area contributed by atoms with Gasteiger partial charge in [-0.05, 0) is 31.4 Å². The Morgan fingerprint density at radius 3 is 2.76 bits per heavy atom. The molecule has 3 rings (SSSR count). The zero-order valence-corrected chi connectivity index (χ0v) is 12.1. The number of esters is 1. The molecule has 1 aromatic rings. The quantitative estimate of drug-likeness (QED) is 0.842. The predicted molar refractivity (Wildman–Crippen MR) is 74.8 cm³/mol. The van der Waals surface area contributed by atoms with Crippen molar-refractivity contribution in [1.82, 2.24) is 9.47 Å². The number of aliphatic hydroxyl groups is 1. The number of nitrogens with zero attached hydrogens (tertiary/aromatic N) is 2. The summed E-state index contributed by atoms with van der Waals surface area (Å²) in [5.41, 5.74) is 0.586. The van der Waals surface area contributed by atoms with Crippen molar-refractivity contribution < 1.29 is 19.4 Å². The maximum atomic E-state index is 12.7. The highest BCUT2D eigenvalue weighted by Gasteiger charge is 2.41. The lowest BCUT2D eigenvalue weighted by Crippen LogP contribution is -2.42. The fourth-order valence-corrected chi connectivity index (χ4v) is 3.10. The van der Waals surface area contributed by atoms with E-state index in [1.54, 1.807) is 6.07 Å². The molecule has 0 radical (unpaired) electrons. The number of rotatable bonds is 3. The Morgan fingerprint density at radius 2 is 2.14 bits per heavy atom. The van der Waals surface area contributed by atoms with E-state index in [2.05, 4.69) is 0 Å². The van der Waals surface area contributed by atoms with Crippen LogP contribution in [0.1, 0.15) is 42.2 Å². The highest BCUT2D eigenvalue weighted by molar-refractivity contribution is 5.96. The van der Waals surface area contributed by atoms with E-state index in [0.717, 1.165) is 12.8 Å². The monoisotopic (exact) mass is 292 g/mol. The predicted octanol–water partition coefficient (Wildman–Crippen LogP) is 0.961. The first kappa shape index (κ1) is 14.1. The van der Waals surface area contributed by atoms with Crippen molar-refractivity contribution in [2.75, 3.05) is 13.7 Å². The number of β-amino-alcohol motifs (C(OH)–C–C–N with tert-alkyl or cyclic N) is 1. The lowest BCUT2D eigenvalue weighted by Gasteiger charge is -2.30. The maximum absolute atomic E-state index is 12.7. The van der Waals surface area contributed by atoms with Crippen LogP contribution < -0.4 is 0 Å². The van der Waals surface area contributed by atoms with E-state index < -0.39 is 18.1 Å². The normalized spacial score (nSPS) is 25.7. The Morgan fingerprint density at radius 1 is 1.38 bits per heavy atom. The van der Waals surface area contributed by atoms with E-state index in [-0.39, 0.29) is 18.9 Å². The molecule has 21 heavy (non-hydrogen) atoms. The third-order valence-corrected chi connectivity index (χ3v) is 4.48. The van der Waals surface area contributed by atoms with Crippen LogP contribution in [0.2, 0.25) is 0 Å². The van der Waals surface area contributed by atoms with Crippen molar-refractivity contribution in [1.29, 1.82) is 0 Å². The summed E-state index contributed by atoms with van der Waals surface area (Å²) >= 11 is 0. The van der Waals surface area contributed by atoms with Crippen molar-refractivity contribution in [3.05, 3.63) is 24.0 Å². The van der Waals surface area contributed by atoms with E-state index in [4.69, 9.17) is 4.74 Å². The summed E-state index contributed by atoms with van der Waals surface area (Å²) in [5.74, 6) is -0.680. The van der Waals surface area contributed by atoms with Crippen LogP contribution in [0.15, 0.2) is 18.3 Å². The minimum atomic E-state index is -0.692. The van der Waals surface area contributed by atoms with Crippen molar-refractivity contribution in [2.45, 2.75) is 43.9 Å². The number of amides is 1. The number of methoxy groups -OCH3 is 1. The Labute approximate surface area is 123 Å². The van der Waals surface area contributed by atoms with E-state index >= 15 is 0 Å². The average Bonchev–Trinajstić information content (AvgIpc) is 3.02. The molecule has 1 aliphatic carbocycles. The molecule has 2 heterocycles. The number of aliphatic hydroxyl groups excluding tert-OH is 1. The van der Waals surface area contributed by atoms with Crippen LogP contribution >= 0.6 is 0 Å². The summed E-state index contributed by atoms with van der Waals surface area (Å²) in [7, 11) is 1.30. The van der Waals surface area contributed by atoms with Gasteiger partial charge in [0.2, 0.25) is 0 Å². The highest BCUT2D eigenvalue weighted by atomic mass is 16.5. The first-order chi connectivity index (χ1) is 10.1. The van der Waals surface area contributed by atoms with Gasteiger partial charge in [-0.15, -0.1) is 0 Å². The van der Waals surface area contributed by atoms with Gasteiger partial charge < -0.3 is 19.3 Å². The summed E-state index contributed by atoms with van der Waals surface area (Å²) in [4.78, 5) is 26.0. The molecule has 2 atom stereocenters. The van der Waals surface area contributed by atoms with Gasteiger partial charge in [-0.2, -0.15) is 0 Å². The van der Waals surface area contributed by atoms with Gasteiger partial charge in [0.1, 0.15) is 11.7 Å².